The van der Waals surface area contributed by atoms with Crippen LogP contribution in [0.5, 0.6) is 0 Å². The molecule has 1 saturated carbocycles. The molecule has 0 unspecified atom stereocenters. The van der Waals surface area contributed by atoms with E-state index < -0.39 is 18.0 Å². The van der Waals surface area contributed by atoms with E-state index >= 15 is 0 Å². The zero-order valence-corrected chi connectivity index (χ0v) is 20.5. The minimum Gasteiger partial charge on any atom is -0.374 e. The molecule has 9 nitrogen and oxygen atoms in total. The number of nitrogens with one attached hydrogen (secondary N) is 1. The molecule has 5 heterocycles. The molecule has 1 N–H and O–H groups in total. The van der Waals surface area contributed by atoms with Crippen LogP contribution >= 0.6 is 0 Å². The number of aromatic nitrogens is 5. The third kappa shape index (κ3) is 4.12. The second-order valence-electron chi connectivity index (χ2n) is 10.6. The van der Waals surface area contributed by atoms with Gasteiger partial charge >= 0.3 is 0 Å². The van der Waals surface area contributed by atoms with Gasteiger partial charge in [-0.15, -0.1) is 0 Å². The van der Waals surface area contributed by atoms with Gasteiger partial charge in [0.1, 0.15) is 11.4 Å². The number of fused-ring (bicyclic) bond motifs is 3. The van der Waals surface area contributed by atoms with Gasteiger partial charge in [0.25, 0.3) is 12.3 Å². The number of ether oxygens (including phenoxy) is 1. The molecule has 3 aliphatic rings. The number of amides is 1. The zero-order chi connectivity index (χ0) is 25.0. The van der Waals surface area contributed by atoms with E-state index in [-0.39, 0.29) is 29.4 Å². The van der Waals surface area contributed by atoms with Crippen LogP contribution in [-0.4, -0.2) is 55.6 Å². The molecule has 3 aromatic rings. The maximum absolute atomic E-state index is 13.8. The Morgan fingerprint density at radius 1 is 1.19 bits per heavy atom. The van der Waals surface area contributed by atoms with Crippen molar-refractivity contribution in [3.8, 4) is 0 Å². The normalized spacial score (nSPS) is 26.0. The highest BCUT2D eigenvalue weighted by Gasteiger charge is 2.39. The standard InChI is InChI=1S/C25H31F2N7O2/c1-14(2)15-3-5-16(6-4-15)34-12-20(22(31-34)23(26)27)29-25(35)19-10-28-33-8-7-21(30-24(19)33)32-11-18-9-17(32)13-36-18/h7-8,10,12,14-18,23H,3-6,9,11,13H2,1-2H3,(H,29,35)/t15?,16?,17-,18-/m1/s1. The molecule has 11 heteroatoms. The van der Waals surface area contributed by atoms with E-state index in [0.29, 0.717) is 24.1 Å². The fraction of sp³-hybridized carbons (Fsp3) is 0.600. The lowest BCUT2D eigenvalue weighted by atomic mass is 9.80. The van der Waals surface area contributed by atoms with Crippen molar-refractivity contribution in [1.29, 1.82) is 0 Å². The van der Waals surface area contributed by atoms with Crippen molar-refractivity contribution in [1.82, 2.24) is 24.4 Å². The molecule has 36 heavy (non-hydrogen) atoms. The highest BCUT2D eigenvalue weighted by molar-refractivity contribution is 6.08. The molecule has 2 atom stereocenters. The van der Waals surface area contributed by atoms with Gasteiger partial charge in [0, 0.05) is 18.9 Å². The zero-order valence-electron chi connectivity index (χ0n) is 20.5. The molecule has 2 aliphatic heterocycles. The molecule has 2 bridgehead atoms. The number of carbonyl (C=O) groups excluding carboxylic acids is 1. The Morgan fingerprint density at radius 2 is 2.00 bits per heavy atom. The van der Waals surface area contributed by atoms with Gasteiger partial charge < -0.3 is 15.0 Å². The Labute approximate surface area is 207 Å². The summed E-state index contributed by atoms with van der Waals surface area (Å²) < 4.78 is 36.5. The average molecular weight is 500 g/mol. The van der Waals surface area contributed by atoms with E-state index in [1.165, 1.54) is 10.7 Å². The van der Waals surface area contributed by atoms with Crippen LogP contribution in [0.1, 0.15) is 74.5 Å². The minimum absolute atomic E-state index is 0.0329. The van der Waals surface area contributed by atoms with E-state index in [1.54, 1.807) is 17.1 Å². The van der Waals surface area contributed by atoms with Gasteiger partial charge in [-0.25, -0.2) is 18.3 Å². The Hall–Kier alpha value is -3.08. The van der Waals surface area contributed by atoms with Gasteiger partial charge in [-0.3, -0.25) is 9.48 Å². The Balaban J connectivity index is 1.23. The first kappa shape index (κ1) is 23.3. The molecule has 192 valence electrons. The van der Waals surface area contributed by atoms with Crippen LogP contribution < -0.4 is 10.2 Å². The van der Waals surface area contributed by atoms with Crippen molar-refractivity contribution in [3.05, 3.63) is 35.9 Å². The number of anilines is 2. The lowest BCUT2D eigenvalue weighted by Gasteiger charge is -2.30. The largest absolute Gasteiger partial charge is 0.374 e. The summed E-state index contributed by atoms with van der Waals surface area (Å²) in [4.78, 5) is 20.1. The molecule has 0 aromatic carbocycles. The van der Waals surface area contributed by atoms with Gasteiger partial charge in [0.05, 0.1) is 36.7 Å². The molecule has 2 saturated heterocycles. The van der Waals surface area contributed by atoms with Crippen molar-refractivity contribution in [2.45, 2.75) is 70.6 Å². The number of hydrogen-bond acceptors (Lipinski definition) is 6. The highest BCUT2D eigenvalue weighted by atomic mass is 19.3. The summed E-state index contributed by atoms with van der Waals surface area (Å²) in [5.74, 6) is 1.49. The predicted molar refractivity (Wildman–Crippen MR) is 129 cm³/mol. The summed E-state index contributed by atoms with van der Waals surface area (Å²) >= 11 is 0. The number of alkyl halides is 2. The fourth-order valence-electron chi connectivity index (χ4n) is 5.93. The summed E-state index contributed by atoms with van der Waals surface area (Å²) in [6.07, 6.45) is 7.00. The van der Waals surface area contributed by atoms with Crippen LogP contribution in [0.3, 0.4) is 0 Å². The van der Waals surface area contributed by atoms with Crippen LogP contribution in [0, 0.1) is 11.8 Å². The Bertz CT molecular complexity index is 1260. The van der Waals surface area contributed by atoms with E-state index in [1.807, 2.05) is 6.07 Å². The fourth-order valence-corrected chi connectivity index (χ4v) is 5.93. The van der Waals surface area contributed by atoms with Gasteiger partial charge in [-0.2, -0.15) is 10.2 Å². The summed E-state index contributed by atoms with van der Waals surface area (Å²) in [5.41, 5.74) is 0.229. The minimum atomic E-state index is -2.80. The molecular formula is C25H31F2N7O2. The van der Waals surface area contributed by atoms with E-state index in [2.05, 4.69) is 34.3 Å². The lowest BCUT2D eigenvalue weighted by molar-refractivity contribution is 0.0988. The monoisotopic (exact) mass is 499 g/mol. The third-order valence-corrected chi connectivity index (χ3v) is 8.07. The van der Waals surface area contributed by atoms with E-state index in [4.69, 9.17) is 9.72 Å². The first-order valence-electron chi connectivity index (χ1n) is 12.8. The SMILES string of the molecule is CC(C)C1CCC(n2cc(NC(=O)c3cnn4ccc(N5C[C@H]6C[C@@H]5CO6)nc34)c(C(F)F)n2)CC1. The van der Waals surface area contributed by atoms with Gasteiger partial charge in [-0.1, -0.05) is 13.8 Å². The molecule has 6 rings (SSSR count). The molecular weight excluding hydrogens is 468 g/mol. The molecule has 1 aliphatic carbocycles. The van der Waals surface area contributed by atoms with Crippen LogP contribution in [-0.2, 0) is 4.74 Å². The summed E-state index contributed by atoms with van der Waals surface area (Å²) in [7, 11) is 0. The number of rotatable bonds is 6. The van der Waals surface area contributed by atoms with Crippen LogP contribution in [0.15, 0.2) is 24.7 Å². The number of hydrogen-bond donors (Lipinski definition) is 1. The third-order valence-electron chi connectivity index (χ3n) is 8.07. The first-order chi connectivity index (χ1) is 17.4. The van der Waals surface area contributed by atoms with Crippen molar-refractivity contribution in [3.63, 3.8) is 0 Å². The quantitative estimate of drug-likeness (QED) is 0.538. The molecule has 3 aromatic heterocycles. The second kappa shape index (κ2) is 9.10. The van der Waals surface area contributed by atoms with Crippen molar-refractivity contribution >= 4 is 23.1 Å². The van der Waals surface area contributed by atoms with Gasteiger partial charge in [-0.05, 0) is 50.0 Å². The Kier molecular flexibility index (Phi) is 5.89. The highest BCUT2D eigenvalue weighted by Crippen LogP contribution is 2.37. The van der Waals surface area contributed by atoms with E-state index in [9.17, 15) is 13.6 Å². The number of carbonyl (C=O) groups is 1. The molecule has 0 radical (unpaired) electrons. The summed E-state index contributed by atoms with van der Waals surface area (Å²) in [6.45, 7) is 5.88. The van der Waals surface area contributed by atoms with Gasteiger partial charge in [0.2, 0.25) is 0 Å². The molecule has 3 fully saturated rings. The van der Waals surface area contributed by atoms with Crippen LogP contribution in [0.25, 0.3) is 5.65 Å². The lowest BCUT2D eigenvalue weighted by Crippen LogP contribution is -2.37. The average Bonchev–Trinajstić information content (AvgIpc) is 3.66. The Morgan fingerprint density at radius 3 is 2.67 bits per heavy atom. The molecule has 0 spiro atoms. The van der Waals surface area contributed by atoms with Crippen LogP contribution in [0.2, 0.25) is 0 Å². The number of halogens is 2. The maximum atomic E-state index is 13.8. The molecule has 1 amide bonds. The number of morpholine rings is 1. The van der Waals surface area contributed by atoms with Crippen LogP contribution in [0.4, 0.5) is 20.3 Å². The predicted octanol–water partition coefficient (Wildman–Crippen LogP) is 4.48. The smallest absolute Gasteiger partial charge is 0.284 e. The summed E-state index contributed by atoms with van der Waals surface area (Å²) in [5, 5.41) is 11.1. The van der Waals surface area contributed by atoms with Gasteiger partial charge in [0.15, 0.2) is 11.3 Å². The van der Waals surface area contributed by atoms with E-state index in [0.717, 1.165) is 44.5 Å². The van der Waals surface area contributed by atoms with Crippen molar-refractivity contribution in [2.24, 2.45) is 11.8 Å². The van der Waals surface area contributed by atoms with Crippen molar-refractivity contribution in [2.75, 3.05) is 23.4 Å². The van der Waals surface area contributed by atoms with Crippen molar-refractivity contribution < 1.29 is 18.3 Å². The number of nitrogens with zero attached hydrogens (tertiary/aromatic N) is 6. The first-order valence-corrected chi connectivity index (χ1v) is 12.8. The second-order valence-corrected chi connectivity index (χ2v) is 10.6. The summed E-state index contributed by atoms with van der Waals surface area (Å²) in [6, 6.07) is 2.21. The topological polar surface area (TPSA) is 89.6 Å². The maximum Gasteiger partial charge on any atom is 0.284 e.